The maximum Gasteiger partial charge on any atom is 0.244 e. The van der Waals surface area contributed by atoms with Crippen LogP contribution in [-0.2, 0) is 21.2 Å². The van der Waals surface area contributed by atoms with Crippen LogP contribution in [0.5, 0.6) is 0 Å². The lowest BCUT2D eigenvalue weighted by molar-refractivity contribution is -0.116. The van der Waals surface area contributed by atoms with Gasteiger partial charge in [-0.05, 0) is 12.1 Å². The van der Waals surface area contributed by atoms with Crippen LogP contribution in [0.15, 0.2) is 47.6 Å². The third-order valence-electron chi connectivity index (χ3n) is 3.54. The second kappa shape index (κ2) is 6.25. The maximum atomic E-state index is 13.4. The summed E-state index contributed by atoms with van der Waals surface area (Å²) in [6.07, 6.45) is 2.32. The first-order valence-electron chi connectivity index (χ1n) is 7.14. The Morgan fingerprint density at radius 2 is 1.88 bits per heavy atom. The molecule has 1 amide bonds. The number of nitrogens with one attached hydrogen (secondary N) is 1. The Hall–Kier alpha value is -2.81. The van der Waals surface area contributed by atoms with E-state index in [-0.39, 0.29) is 28.2 Å². The maximum absolute atomic E-state index is 13.4. The number of nitrogens with zero attached hydrogens (tertiary/aromatic N) is 2. The van der Waals surface area contributed by atoms with Gasteiger partial charge in [-0.3, -0.25) is 4.79 Å². The predicted molar refractivity (Wildman–Crippen MR) is 87.8 cm³/mol. The molecule has 0 bridgehead atoms. The summed E-state index contributed by atoms with van der Waals surface area (Å²) in [6, 6.07) is 7.89. The molecule has 0 saturated heterocycles. The van der Waals surface area contributed by atoms with Crippen LogP contribution in [0.4, 0.5) is 14.5 Å². The lowest BCUT2D eigenvalue weighted by atomic mass is 10.3. The van der Waals surface area contributed by atoms with E-state index < -0.39 is 27.4 Å². The van der Waals surface area contributed by atoms with Gasteiger partial charge >= 0.3 is 0 Å². The number of rotatable bonds is 4. The van der Waals surface area contributed by atoms with Crippen LogP contribution >= 0.6 is 0 Å². The number of imidazole rings is 1. The van der Waals surface area contributed by atoms with Crippen LogP contribution in [0, 0.1) is 11.6 Å². The summed E-state index contributed by atoms with van der Waals surface area (Å²) < 4.78 is 51.4. The van der Waals surface area contributed by atoms with Crippen molar-refractivity contribution in [3.8, 4) is 0 Å². The molecule has 0 atom stereocenters. The number of halogens is 2. The summed E-state index contributed by atoms with van der Waals surface area (Å²) in [5.74, 6) is -2.60. The molecule has 1 N–H and O–H groups in total. The van der Waals surface area contributed by atoms with Crippen LogP contribution in [0.25, 0.3) is 11.0 Å². The highest BCUT2D eigenvalue weighted by Gasteiger charge is 2.16. The minimum absolute atomic E-state index is 0.00745. The van der Waals surface area contributed by atoms with Crippen molar-refractivity contribution in [2.75, 3.05) is 11.6 Å². The number of carbonyl (C=O) groups is 1. The number of benzene rings is 2. The zero-order chi connectivity index (χ0) is 18.2. The first-order chi connectivity index (χ1) is 11.8. The van der Waals surface area contributed by atoms with Crippen molar-refractivity contribution in [2.45, 2.75) is 11.4 Å². The first-order valence-corrected chi connectivity index (χ1v) is 9.03. The number of sulfone groups is 1. The third kappa shape index (κ3) is 3.50. The summed E-state index contributed by atoms with van der Waals surface area (Å²) in [5.41, 5.74) is 0.616. The second-order valence-corrected chi connectivity index (χ2v) is 7.43. The summed E-state index contributed by atoms with van der Waals surface area (Å²) in [4.78, 5) is 16.1. The SMILES string of the molecule is CS(=O)(=O)c1ccccc1NC(=O)Cn1cnc2cc(F)c(F)cc21. The molecule has 1 aromatic heterocycles. The van der Waals surface area contributed by atoms with Crippen LogP contribution in [0.2, 0.25) is 0 Å². The predicted octanol–water partition coefficient (Wildman–Crippen LogP) is 2.36. The van der Waals surface area contributed by atoms with E-state index in [0.29, 0.717) is 0 Å². The van der Waals surface area contributed by atoms with Crippen LogP contribution in [-0.4, -0.2) is 30.1 Å². The lowest BCUT2D eigenvalue weighted by Crippen LogP contribution is -2.19. The van der Waals surface area contributed by atoms with Crippen LogP contribution in [0.3, 0.4) is 0 Å². The van der Waals surface area contributed by atoms with Gasteiger partial charge in [-0.15, -0.1) is 0 Å². The monoisotopic (exact) mass is 365 g/mol. The quantitative estimate of drug-likeness (QED) is 0.770. The Balaban J connectivity index is 1.86. The van der Waals surface area contributed by atoms with Gasteiger partial charge in [0.1, 0.15) is 6.54 Å². The van der Waals surface area contributed by atoms with Crippen molar-refractivity contribution in [2.24, 2.45) is 0 Å². The van der Waals surface area contributed by atoms with E-state index in [1.54, 1.807) is 12.1 Å². The zero-order valence-corrected chi connectivity index (χ0v) is 13.8. The normalized spacial score (nSPS) is 11.6. The average Bonchev–Trinajstić information content (AvgIpc) is 2.89. The Bertz CT molecular complexity index is 1080. The van der Waals surface area contributed by atoms with Crippen molar-refractivity contribution in [3.63, 3.8) is 0 Å². The average molecular weight is 365 g/mol. The molecular weight excluding hydrogens is 352 g/mol. The van der Waals surface area contributed by atoms with Crippen molar-refractivity contribution in [3.05, 3.63) is 54.4 Å². The van der Waals surface area contributed by atoms with E-state index in [1.165, 1.54) is 23.0 Å². The van der Waals surface area contributed by atoms with E-state index in [1.807, 2.05) is 0 Å². The fourth-order valence-corrected chi connectivity index (χ4v) is 3.26. The van der Waals surface area contributed by atoms with E-state index in [9.17, 15) is 22.0 Å². The molecule has 0 aliphatic heterocycles. The lowest BCUT2D eigenvalue weighted by Gasteiger charge is -2.10. The first kappa shape index (κ1) is 17.0. The molecule has 25 heavy (non-hydrogen) atoms. The van der Waals surface area contributed by atoms with Gasteiger partial charge in [-0.2, -0.15) is 0 Å². The Kier molecular flexibility index (Phi) is 4.25. The molecule has 1 heterocycles. The van der Waals surface area contributed by atoms with E-state index in [0.717, 1.165) is 18.4 Å². The highest BCUT2D eigenvalue weighted by molar-refractivity contribution is 7.90. The van der Waals surface area contributed by atoms with Crippen LogP contribution < -0.4 is 5.32 Å². The van der Waals surface area contributed by atoms with Crippen molar-refractivity contribution >= 4 is 32.5 Å². The Labute approximate surface area is 142 Å². The minimum Gasteiger partial charge on any atom is -0.323 e. The number of hydrogen-bond acceptors (Lipinski definition) is 4. The van der Waals surface area contributed by atoms with Gasteiger partial charge in [0.15, 0.2) is 21.5 Å². The van der Waals surface area contributed by atoms with Crippen LogP contribution in [0.1, 0.15) is 0 Å². The summed E-state index contributed by atoms with van der Waals surface area (Å²) in [7, 11) is -3.51. The molecule has 130 valence electrons. The standard InChI is InChI=1S/C16H13F2N3O3S/c1-25(23,24)15-5-3-2-4-12(15)20-16(22)8-21-9-19-13-6-10(17)11(18)7-14(13)21/h2-7,9H,8H2,1H3,(H,20,22). The highest BCUT2D eigenvalue weighted by Crippen LogP contribution is 2.21. The van der Waals surface area contributed by atoms with Gasteiger partial charge in [0.2, 0.25) is 5.91 Å². The molecule has 3 rings (SSSR count). The van der Waals surface area contributed by atoms with Crippen molar-refractivity contribution < 1.29 is 22.0 Å². The van der Waals surface area contributed by atoms with E-state index >= 15 is 0 Å². The summed E-state index contributed by atoms with van der Waals surface area (Å²) in [5, 5.41) is 2.51. The van der Waals surface area contributed by atoms with Gasteiger partial charge in [0.25, 0.3) is 0 Å². The smallest absolute Gasteiger partial charge is 0.244 e. The molecule has 0 aliphatic rings. The second-order valence-electron chi connectivity index (χ2n) is 5.44. The largest absolute Gasteiger partial charge is 0.323 e. The summed E-state index contributed by atoms with van der Waals surface area (Å²) >= 11 is 0. The molecule has 0 aliphatic carbocycles. The van der Waals surface area contributed by atoms with E-state index in [2.05, 4.69) is 10.3 Å². The minimum atomic E-state index is -3.51. The van der Waals surface area contributed by atoms with Crippen molar-refractivity contribution in [1.82, 2.24) is 9.55 Å². The molecule has 6 nitrogen and oxygen atoms in total. The van der Waals surface area contributed by atoms with Gasteiger partial charge in [0.05, 0.1) is 27.9 Å². The Morgan fingerprint density at radius 1 is 1.20 bits per heavy atom. The number of para-hydroxylation sites is 1. The highest BCUT2D eigenvalue weighted by atomic mass is 32.2. The molecule has 2 aromatic carbocycles. The van der Waals surface area contributed by atoms with Gasteiger partial charge in [-0.25, -0.2) is 22.2 Å². The molecule has 0 saturated carbocycles. The van der Waals surface area contributed by atoms with Gasteiger partial charge in [0, 0.05) is 18.4 Å². The molecule has 0 unspecified atom stereocenters. The fraction of sp³-hybridized carbons (Fsp3) is 0.125. The number of hydrogen-bond donors (Lipinski definition) is 1. The summed E-state index contributed by atoms with van der Waals surface area (Å²) in [6.45, 7) is -0.236. The fourth-order valence-electron chi connectivity index (χ4n) is 2.42. The number of fused-ring (bicyclic) bond motifs is 1. The number of carbonyl (C=O) groups excluding carboxylic acids is 1. The number of amides is 1. The third-order valence-corrected chi connectivity index (χ3v) is 4.69. The van der Waals surface area contributed by atoms with E-state index in [4.69, 9.17) is 0 Å². The molecule has 0 fully saturated rings. The molecule has 3 aromatic rings. The van der Waals surface area contributed by atoms with Crippen molar-refractivity contribution in [1.29, 1.82) is 0 Å². The topological polar surface area (TPSA) is 81.1 Å². The molecular formula is C16H13F2N3O3S. The number of anilines is 1. The Morgan fingerprint density at radius 3 is 2.60 bits per heavy atom. The number of aromatic nitrogens is 2. The zero-order valence-electron chi connectivity index (χ0n) is 13.0. The molecule has 0 spiro atoms. The molecule has 9 heteroatoms. The van der Waals surface area contributed by atoms with Gasteiger partial charge < -0.3 is 9.88 Å². The van der Waals surface area contributed by atoms with Gasteiger partial charge in [-0.1, -0.05) is 12.1 Å². The molecule has 0 radical (unpaired) electrons.